The third kappa shape index (κ3) is 2.08. The zero-order chi connectivity index (χ0) is 11.5. The molecule has 0 saturated heterocycles. The highest BCUT2D eigenvalue weighted by Crippen LogP contribution is 2.23. The van der Waals surface area contributed by atoms with Gasteiger partial charge in [0.1, 0.15) is 0 Å². The summed E-state index contributed by atoms with van der Waals surface area (Å²) in [5.41, 5.74) is 4.49. The van der Waals surface area contributed by atoms with Crippen molar-refractivity contribution in [3.8, 4) is 0 Å². The number of hydrogen-bond donors (Lipinski definition) is 2. The van der Waals surface area contributed by atoms with Gasteiger partial charge in [0.15, 0.2) is 0 Å². The maximum Gasteiger partial charge on any atom is 0.0825 e. The van der Waals surface area contributed by atoms with Crippen LogP contribution in [0.4, 0.5) is 5.69 Å². The van der Waals surface area contributed by atoms with Crippen LogP contribution in [-0.2, 0) is 0 Å². The SMILES string of the molecule is Cc1n[nH]c(C)c1NC(C)c1ccccc1. The van der Waals surface area contributed by atoms with Crippen molar-refractivity contribution in [2.45, 2.75) is 26.8 Å². The standard InChI is InChI=1S/C13H17N3/c1-9(12-7-5-4-6-8-12)14-13-10(2)15-16-11(13)3/h4-9,14H,1-3H3,(H,15,16). The number of rotatable bonds is 3. The van der Waals surface area contributed by atoms with Crippen molar-refractivity contribution < 1.29 is 0 Å². The minimum Gasteiger partial charge on any atom is -0.376 e. The average Bonchev–Trinajstić information content (AvgIpc) is 2.62. The summed E-state index contributed by atoms with van der Waals surface area (Å²) in [4.78, 5) is 0. The second-order valence-electron chi connectivity index (χ2n) is 4.09. The molecule has 0 aliphatic rings. The summed E-state index contributed by atoms with van der Waals surface area (Å²) in [6.45, 7) is 6.19. The Bertz CT molecular complexity index is 440. The molecule has 2 aromatic rings. The van der Waals surface area contributed by atoms with E-state index < -0.39 is 0 Å². The summed E-state index contributed by atoms with van der Waals surface area (Å²) < 4.78 is 0. The summed E-state index contributed by atoms with van der Waals surface area (Å²) in [5.74, 6) is 0. The highest BCUT2D eigenvalue weighted by atomic mass is 15.2. The zero-order valence-electron chi connectivity index (χ0n) is 9.91. The Morgan fingerprint density at radius 3 is 2.44 bits per heavy atom. The molecule has 0 bridgehead atoms. The van der Waals surface area contributed by atoms with E-state index >= 15 is 0 Å². The molecule has 0 aliphatic carbocycles. The molecule has 0 saturated carbocycles. The van der Waals surface area contributed by atoms with E-state index in [1.165, 1.54) is 5.56 Å². The van der Waals surface area contributed by atoms with Crippen molar-refractivity contribution in [3.63, 3.8) is 0 Å². The average molecular weight is 215 g/mol. The number of H-pyrrole nitrogens is 1. The van der Waals surface area contributed by atoms with Crippen LogP contribution < -0.4 is 5.32 Å². The van der Waals surface area contributed by atoms with E-state index in [4.69, 9.17) is 0 Å². The van der Waals surface area contributed by atoms with Crippen LogP contribution in [0.15, 0.2) is 30.3 Å². The molecule has 0 spiro atoms. The summed E-state index contributed by atoms with van der Waals surface area (Å²) in [7, 11) is 0. The predicted octanol–water partition coefficient (Wildman–Crippen LogP) is 3.20. The van der Waals surface area contributed by atoms with E-state index in [9.17, 15) is 0 Å². The first-order chi connectivity index (χ1) is 7.68. The van der Waals surface area contributed by atoms with Gasteiger partial charge in [0.2, 0.25) is 0 Å². The molecule has 16 heavy (non-hydrogen) atoms. The lowest BCUT2D eigenvalue weighted by Gasteiger charge is -2.15. The maximum absolute atomic E-state index is 4.18. The van der Waals surface area contributed by atoms with Crippen LogP contribution in [-0.4, -0.2) is 10.2 Å². The lowest BCUT2D eigenvalue weighted by Crippen LogP contribution is -2.07. The van der Waals surface area contributed by atoms with Gasteiger partial charge in [-0.1, -0.05) is 30.3 Å². The van der Waals surface area contributed by atoms with Gasteiger partial charge in [0, 0.05) is 6.04 Å². The first-order valence-corrected chi connectivity index (χ1v) is 5.51. The first-order valence-electron chi connectivity index (χ1n) is 5.51. The topological polar surface area (TPSA) is 40.7 Å². The number of nitrogens with one attached hydrogen (secondary N) is 2. The fourth-order valence-electron chi connectivity index (χ4n) is 1.81. The van der Waals surface area contributed by atoms with E-state index in [2.05, 4.69) is 46.7 Å². The summed E-state index contributed by atoms with van der Waals surface area (Å²) >= 11 is 0. The Kier molecular flexibility index (Phi) is 2.95. The third-order valence-electron chi connectivity index (χ3n) is 2.79. The van der Waals surface area contributed by atoms with Crippen molar-refractivity contribution in [2.75, 3.05) is 5.32 Å². The number of aryl methyl sites for hydroxylation is 2. The Balaban J connectivity index is 2.17. The van der Waals surface area contributed by atoms with Crippen LogP contribution in [0.3, 0.4) is 0 Å². The monoisotopic (exact) mass is 215 g/mol. The molecule has 1 heterocycles. The normalized spacial score (nSPS) is 12.4. The molecule has 3 nitrogen and oxygen atoms in total. The van der Waals surface area contributed by atoms with Crippen LogP contribution in [0.5, 0.6) is 0 Å². The van der Waals surface area contributed by atoms with Crippen LogP contribution >= 0.6 is 0 Å². The highest BCUT2D eigenvalue weighted by molar-refractivity contribution is 5.52. The molecule has 0 fully saturated rings. The molecular weight excluding hydrogens is 198 g/mol. The number of benzene rings is 1. The van der Waals surface area contributed by atoms with Crippen LogP contribution in [0, 0.1) is 13.8 Å². The quantitative estimate of drug-likeness (QED) is 0.825. The van der Waals surface area contributed by atoms with Gasteiger partial charge in [-0.15, -0.1) is 0 Å². The Morgan fingerprint density at radius 2 is 1.88 bits per heavy atom. The van der Waals surface area contributed by atoms with E-state index in [0.717, 1.165) is 17.1 Å². The van der Waals surface area contributed by atoms with Gasteiger partial charge in [-0.25, -0.2) is 0 Å². The molecule has 84 valence electrons. The highest BCUT2D eigenvalue weighted by Gasteiger charge is 2.10. The first kappa shape index (κ1) is 10.7. The summed E-state index contributed by atoms with van der Waals surface area (Å²) in [6, 6.07) is 10.7. The second-order valence-corrected chi connectivity index (χ2v) is 4.09. The van der Waals surface area contributed by atoms with E-state index in [0.29, 0.717) is 0 Å². The molecule has 3 heteroatoms. The largest absolute Gasteiger partial charge is 0.376 e. The van der Waals surface area contributed by atoms with E-state index in [1.54, 1.807) is 0 Å². The Morgan fingerprint density at radius 1 is 1.19 bits per heavy atom. The smallest absolute Gasteiger partial charge is 0.0825 e. The van der Waals surface area contributed by atoms with Gasteiger partial charge < -0.3 is 5.32 Å². The lowest BCUT2D eigenvalue weighted by molar-refractivity contribution is 0.881. The van der Waals surface area contributed by atoms with E-state index in [1.807, 2.05) is 19.9 Å². The Hall–Kier alpha value is -1.77. The van der Waals surface area contributed by atoms with Gasteiger partial charge in [0.05, 0.1) is 17.1 Å². The van der Waals surface area contributed by atoms with Crippen molar-refractivity contribution >= 4 is 5.69 Å². The second kappa shape index (κ2) is 4.39. The van der Waals surface area contributed by atoms with E-state index in [-0.39, 0.29) is 6.04 Å². The number of aromatic nitrogens is 2. The van der Waals surface area contributed by atoms with Crippen molar-refractivity contribution in [3.05, 3.63) is 47.3 Å². The van der Waals surface area contributed by atoms with Crippen LogP contribution in [0.1, 0.15) is 29.9 Å². The van der Waals surface area contributed by atoms with Gasteiger partial charge >= 0.3 is 0 Å². The van der Waals surface area contributed by atoms with Crippen molar-refractivity contribution in [1.82, 2.24) is 10.2 Å². The molecule has 1 unspecified atom stereocenters. The molecule has 0 aliphatic heterocycles. The fourth-order valence-corrected chi connectivity index (χ4v) is 1.81. The van der Waals surface area contributed by atoms with Crippen LogP contribution in [0.25, 0.3) is 0 Å². The van der Waals surface area contributed by atoms with Gasteiger partial charge in [-0.2, -0.15) is 5.10 Å². The molecular formula is C13H17N3. The molecule has 0 radical (unpaired) electrons. The minimum atomic E-state index is 0.288. The molecule has 2 rings (SSSR count). The molecule has 1 atom stereocenters. The lowest BCUT2D eigenvalue weighted by atomic mass is 10.1. The number of nitrogens with zero attached hydrogens (tertiary/aromatic N) is 1. The third-order valence-corrected chi connectivity index (χ3v) is 2.79. The summed E-state index contributed by atoms with van der Waals surface area (Å²) in [6.07, 6.45) is 0. The van der Waals surface area contributed by atoms with Crippen molar-refractivity contribution in [1.29, 1.82) is 0 Å². The minimum absolute atomic E-state index is 0.288. The molecule has 2 N–H and O–H groups in total. The molecule has 1 aromatic carbocycles. The Labute approximate surface area is 95.9 Å². The van der Waals surface area contributed by atoms with Gasteiger partial charge in [0.25, 0.3) is 0 Å². The predicted molar refractivity (Wildman–Crippen MR) is 66.5 cm³/mol. The number of aromatic amines is 1. The molecule has 0 amide bonds. The van der Waals surface area contributed by atoms with Gasteiger partial charge in [-0.05, 0) is 26.3 Å². The fraction of sp³-hybridized carbons (Fsp3) is 0.308. The molecule has 1 aromatic heterocycles. The number of anilines is 1. The van der Waals surface area contributed by atoms with Crippen LogP contribution in [0.2, 0.25) is 0 Å². The maximum atomic E-state index is 4.18. The van der Waals surface area contributed by atoms with Crippen molar-refractivity contribution in [2.24, 2.45) is 0 Å². The zero-order valence-corrected chi connectivity index (χ0v) is 9.91. The number of hydrogen-bond acceptors (Lipinski definition) is 2. The summed E-state index contributed by atoms with van der Waals surface area (Å²) in [5, 5.41) is 10.6. The van der Waals surface area contributed by atoms with Gasteiger partial charge in [-0.3, -0.25) is 5.10 Å².